The quantitative estimate of drug-likeness (QED) is 0.683. The lowest BCUT2D eigenvalue weighted by Gasteiger charge is -2.16. The average molecular weight is 407 g/mol. The van der Waals surface area contributed by atoms with E-state index in [-0.39, 0.29) is 30.2 Å². The lowest BCUT2D eigenvalue weighted by molar-refractivity contribution is -0.122. The summed E-state index contributed by atoms with van der Waals surface area (Å²) in [7, 11) is 0. The van der Waals surface area contributed by atoms with E-state index >= 15 is 0 Å². The van der Waals surface area contributed by atoms with E-state index in [9.17, 15) is 9.18 Å². The molecule has 6 heteroatoms. The summed E-state index contributed by atoms with van der Waals surface area (Å²) in [5.41, 5.74) is 1.96. The molecule has 0 aliphatic carbocycles. The third-order valence-corrected chi connectivity index (χ3v) is 5.02. The van der Waals surface area contributed by atoms with Crippen molar-refractivity contribution < 1.29 is 13.9 Å². The minimum Gasteiger partial charge on any atom is -0.489 e. The molecule has 0 bridgehead atoms. The van der Waals surface area contributed by atoms with E-state index in [1.807, 2.05) is 31.2 Å². The molecule has 1 fully saturated rings. The Kier molecular flexibility index (Phi) is 8.74. The molecule has 1 amide bonds. The van der Waals surface area contributed by atoms with E-state index < -0.39 is 0 Å². The maximum Gasteiger partial charge on any atom is 0.220 e. The minimum atomic E-state index is -0.251. The number of ether oxygens (including phenoxy) is 1. The van der Waals surface area contributed by atoms with Crippen LogP contribution in [-0.4, -0.2) is 19.0 Å². The van der Waals surface area contributed by atoms with Crippen molar-refractivity contribution in [3.63, 3.8) is 0 Å². The van der Waals surface area contributed by atoms with Crippen molar-refractivity contribution in [2.45, 2.75) is 38.8 Å². The molecule has 4 nitrogen and oxygen atoms in total. The van der Waals surface area contributed by atoms with E-state index in [0.717, 1.165) is 36.4 Å². The van der Waals surface area contributed by atoms with Crippen LogP contribution in [0.25, 0.3) is 0 Å². The van der Waals surface area contributed by atoms with E-state index in [2.05, 4.69) is 10.6 Å². The normalized spacial score (nSPS) is 16.9. The van der Waals surface area contributed by atoms with E-state index in [4.69, 9.17) is 4.74 Å². The maximum atomic E-state index is 12.9. The zero-order valence-corrected chi connectivity index (χ0v) is 16.9. The molecule has 152 valence electrons. The van der Waals surface area contributed by atoms with Gasteiger partial charge in [0.25, 0.3) is 0 Å². The number of hydrogen-bond acceptors (Lipinski definition) is 3. The molecular weight excluding hydrogens is 379 g/mol. The van der Waals surface area contributed by atoms with Gasteiger partial charge in [-0.15, -0.1) is 12.4 Å². The number of hydrogen-bond donors (Lipinski definition) is 2. The summed E-state index contributed by atoms with van der Waals surface area (Å²) in [5, 5.41) is 6.40. The molecule has 2 aromatic carbocycles. The molecule has 3 rings (SSSR count). The molecule has 0 spiro atoms. The standard InChI is InChI=1S/C22H27FN2O2.ClH/c1-16(25-22(26)11-4-17-12-13-24-14-17)19-5-9-21(10-6-19)27-15-18-2-7-20(23)8-3-18;/h2-3,5-10,16-17,24H,4,11-15H2,1H3,(H,25,26);1H. The van der Waals surface area contributed by atoms with Crippen molar-refractivity contribution in [2.75, 3.05) is 13.1 Å². The summed E-state index contributed by atoms with van der Waals surface area (Å²) in [6.07, 6.45) is 2.69. The first-order valence-electron chi connectivity index (χ1n) is 9.57. The van der Waals surface area contributed by atoms with Crippen molar-refractivity contribution in [3.05, 3.63) is 65.5 Å². The first-order valence-corrected chi connectivity index (χ1v) is 9.57. The largest absolute Gasteiger partial charge is 0.489 e. The molecule has 1 saturated heterocycles. The molecule has 1 aliphatic heterocycles. The van der Waals surface area contributed by atoms with Crippen molar-refractivity contribution >= 4 is 18.3 Å². The van der Waals surface area contributed by atoms with E-state index in [0.29, 0.717) is 18.9 Å². The Morgan fingerprint density at radius 1 is 1.21 bits per heavy atom. The second-order valence-corrected chi connectivity index (χ2v) is 7.17. The van der Waals surface area contributed by atoms with Crippen molar-refractivity contribution in [3.8, 4) is 5.75 Å². The molecule has 0 saturated carbocycles. The van der Waals surface area contributed by atoms with E-state index in [1.54, 1.807) is 12.1 Å². The Bertz CT molecular complexity index is 731. The van der Waals surface area contributed by atoms with Crippen LogP contribution in [0.4, 0.5) is 4.39 Å². The van der Waals surface area contributed by atoms with Gasteiger partial charge in [0.2, 0.25) is 5.91 Å². The van der Waals surface area contributed by atoms with Crippen LogP contribution in [0.3, 0.4) is 0 Å². The SMILES string of the molecule is CC(NC(=O)CCC1CCNC1)c1ccc(OCc2ccc(F)cc2)cc1.Cl. The lowest BCUT2D eigenvalue weighted by Crippen LogP contribution is -2.27. The van der Waals surface area contributed by atoms with Gasteiger partial charge in [0.1, 0.15) is 18.2 Å². The van der Waals surface area contributed by atoms with Crippen molar-refractivity contribution in [1.29, 1.82) is 0 Å². The van der Waals surface area contributed by atoms with Gasteiger partial charge < -0.3 is 15.4 Å². The highest BCUT2D eigenvalue weighted by Gasteiger charge is 2.16. The molecule has 2 atom stereocenters. The minimum absolute atomic E-state index is 0. The van der Waals surface area contributed by atoms with Crippen LogP contribution in [0.15, 0.2) is 48.5 Å². The molecular formula is C22H28ClFN2O2. The zero-order chi connectivity index (χ0) is 19.1. The number of carbonyl (C=O) groups excluding carboxylic acids is 1. The Morgan fingerprint density at radius 3 is 2.57 bits per heavy atom. The van der Waals surface area contributed by atoms with Gasteiger partial charge in [0, 0.05) is 6.42 Å². The Balaban J connectivity index is 0.00000280. The summed E-state index contributed by atoms with van der Waals surface area (Å²) in [5.74, 6) is 1.23. The summed E-state index contributed by atoms with van der Waals surface area (Å²) in [4.78, 5) is 12.2. The van der Waals surface area contributed by atoms with Crippen LogP contribution in [0.2, 0.25) is 0 Å². The fourth-order valence-corrected chi connectivity index (χ4v) is 3.29. The molecule has 28 heavy (non-hydrogen) atoms. The van der Waals surface area contributed by atoms with Gasteiger partial charge in [-0.2, -0.15) is 0 Å². The number of halogens is 2. The molecule has 0 radical (unpaired) electrons. The number of rotatable bonds is 8. The number of nitrogens with one attached hydrogen (secondary N) is 2. The number of carbonyl (C=O) groups is 1. The van der Waals surface area contributed by atoms with Crippen LogP contribution in [0.5, 0.6) is 5.75 Å². The first-order chi connectivity index (χ1) is 13.1. The third-order valence-electron chi connectivity index (χ3n) is 5.02. The average Bonchev–Trinajstić information content (AvgIpc) is 3.20. The van der Waals surface area contributed by atoms with Crippen molar-refractivity contribution in [2.24, 2.45) is 5.92 Å². The fourth-order valence-electron chi connectivity index (χ4n) is 3.29. The van der Waals surface area contributed by atoms with Crippen molar-refractivity contribution in [1.82, 2.24) is 10.6 Å². The van der Waals surface area contributed by atoms with Gasteiger partial charge in [-0.3, -0.25) is 4.79 Å². The third kappa shape index (κ3) is 6.80. The van der Waals surface area contributed by atoms with Gasteiger partial charge in [-0.05, 0) is 74.2 Å². The fraction of sp³-hybridized carbons (Fsp3) is 0.409. The van der Waals surface area contributed by atoms with Crippen LogP contribution in [-0.2, 0) is 11.4 Å². The lowest BCUT2D eigenvalue weighted by atomic mass is 10.0. The first kappa shape index (κ1) is 22.2. The predicted molar refractivity (Wildman–Crippen MR) is 111 cm³/mol. The highest BCUT2D eigenvalue weighted by atomic mass is 35.5. The topological polar surface area (TPSA) is 50.4 Å². The van der Waals surface area contributed by atoms with Crippen LogP contribution in [0, 0.1) is 11.7 Å². The maximum absolute atomic E-state index is 12.9. The summed E-state index contributed by atoms with van der Waals surface area (Å²) in [6.45, 7) is 4.48. The Labute approximate surface area is 172 Å². The monoisotopic (exact) mass is 406 g/mol. The molecule has 2 unspecified atom stereocenters. The van der Waals surface area contributed by atoms with Gasteiger partial charge in [0.05, 0.1) is 6.04 Å². The summed E-state index contributed by atoms with van der Waals surface area (Å²) < 4.78 is 18.6. The molecule has 1 heterocycles. The van der Waals surface area contributed by atoms with E-state index in [1.165, 1.54) is 18.6 Å². The summed E-state index contributed by atoms with van der Waals surface area (Å²) >= 11 is 0. The number of benzene rings is 2. The van der Waals surface area contributed by atoms with Gasteiger partial charge in [-0.1, -0.05) is 24.3 Å². The molecule has 0 aromatic heterocycles. The predicted octanol–water partition coefficient (Wildman–Crippen LogP) is 4.39. The Hall–Kier alpha value is -2.11. The van der Waals surface area contributed by atoms with Crippen LogP contribution < -0.4 is 15.4 Å². The Morgan fingerprint density at radius 2 is 1.93 bits per heavy atom. The highest BCUT2D eigenvalue weighted by Crippen LogP contribution is 2.20. The molecule has 1 aliphatic rings. The van der Waals surface area contributed by atoms with Crippen LogP contribution in [0.1, 0.15) is 43.4 Å². The second kappa shape index (κ2) is 11.0. The zero-order valence-electron chi connectivity index (χ0n) is 16.1. The van der Waals surface area contributed by atoms with Gasteiger partial charge >= 0.3 is 0 Å². The second-order valence-electron chi connectivity index (χ2n) is 7.17. The number of amides is 1. The highest BCUT2D eigenvalue weighted by molar-refractivity contribution is 5.85. The van der Waals surface area contributed by atoms with Crippen LogP contribution >= 0.6 is 12.4 Å². The smallest absolute Gasteiger partial charge is 0.220 e. The molecule has 2 aromatic rings. The summed E-state index contributed by atoms with van der Waals surface area (Å²) in [6, 6.07) is 14.0. The molecule has 2 N–H and O–H groups in total. The van der Waals surface area contributed by atoms with Gasteiger partial charge in [-0.25, -0.2) is 4.39 Å². The van der Waals surface area contributed by atoms with Gasteiger partial charge in [0.15, 0.2) is 0 Å².